The molecule has 0 aliphatic heterocycles. The third-order valence-corrected chi connectivity index (χ3v) is 4.47. The van der Waals surface area contributed by atoms with E-state index in [1.165, 1.54) is 0 Å². The summed E-state index contributed by atoms with van der Waals surface area (Å²) < 4.78 is 23.3. The minimum Gasteiger partial charge on any atom is -0.480 e. The highest BCUT2D eigenvalue weighted by Crippen LogP contribution is 2.13. The lowest BCUT2D eigenvalue weighted by Gasteiger charge is -2.12. The Kier molecular flexibility index (Phi) is 6.56. The van der Waals surface area contributed by atoms with Gasteiger partial charge in [0.15, 0.2) is 15.1 Å². The van der Waals surface area contributed by atoms with Gasteiger partial charge in [-0.15, -0.1) is 0 Å². The zero-order chi connectivity index (χ0) is 11.9. The predicted molar refractivity (Wildman–Crippen MR) is 59.6 cm³/mol. The van der Waals surface area contributed by atoms with Crippen molar-refractivity contribution in [1.82, 2.24) is 0 Å². The van der Waals surface area contributed by atoms with Crippen LogP contribution in [0.25, 0.3) is 0 Å². The van der Waals surface area contributed by atoms with Gasteiger partial charge in [-0.05, 0) is 12.8 Å². The number of carbonyl (C=O) groups is 1. The number of hydrogen-bond donors (Lipinski definition) is 1. The van der Waals surface area contributed by atoms with Crippen molar-refractivity contribution in [3.63, 3.8) is 0 Å². The molecular formula is C10H20O4S. The molecule has 1 atom stereocenters. The van der Waals surface area contributed by atoms with Gasteiger partial charge in [-0.2, -0.15) is 0 Å². The van der Waals surface area contributed by atoms with E-state index < -0.39 is 21.1 Å². The molecule has 0 radical (unpaired) electrons. The quantitative estimate of drug-likeness (QED) is 0.698. The van der Waals surface area contributed by atoms with Crippen LogP contribution in [-0.4, -0.2) is 30.5 Å². The Morgan fingerprint density at radius 2 is 1.73 bits per heavy atom. The van der Waals surface area contributed by atoms with Gasteiger partial charge in [-0.25, -0.2) is 8.42 Å². The number of unbranched alkanes of at least 4 members (excludes halogenated alkanes) is 2. The summed E-state index contributed by atoms with van der Waals surface area (Å²) in [5, 5.41) is 7.65. The molecule has 0 saturated heterocycles. The summed E-state index contributed by atoms with van der Waals surface area (Å²) in [5.74, 6) is -1.22. The first kappa shape index (κ1) is 14.4. The van der Waals surface area contributed by atoms with Gasteiger partial charge in [-0.1, -0.05) is 33.1 Å². The number of carboxylic acid groups (broad SMARTS) is 1. The second kappa shape index (κ2) is 6.82. The van der Waals surface area contributed by atoms with E-state index in [-0.39, 0.29) is 12.2 Å². The van der Waals surface area contributed by atoms with E-state index in [9.17, 15) is 13.2 Å². The van der Waals surface area contributed by atoms with Gasteiger partial charge in [0.25, 0.3) is 0 Å². The molecule has 15 heavy (non-hydrogen) atoms. The van der Waals surface area contributed by atoms with Crippen molar-refractivity contribution >= 4 is 15.8 Å². The van der Waals surface area contributed by atoms with Crippen LogP contribution >= 0.6 is 0 Å². The molecule has 0 saturated carbocycles. The summed E-state index contributed by atoms with van der Waals surface area (Å²) in [5.41, 5.74) is 0. The lowest BCUT2D eigenvalue weighted by molar-refractivity contribution is -0.136. The van der Waals surface area contributed by atoms with Crippen molar-refractivity contribution in [2.24, 2.45) is 0 Å². The van der Waals surface area contributed by atoms with Gasteiger partial charge >= 0.3 is 5.97 Å². The standard InChI is InChI=1S/C10H20O4S/c1-3-5-7-9(10(11)12)15(13,14)8-6-4-2/h9H,3-8H2,1-2H3,(H,11,12). The van der Waals surface area contributed by atoms with Gasteiger partial charge in [0, 0.05) is 0 Å². The third kappa shape index (κ3) is 5.16. The van der Waals surface area contributed by atoms with Crippen LogP contribution in [0.1, 0.15) is 46.0 Å². The van der Waals surface area contributed by atoms with Crippen molar-refractivity contribution < 1.29 is 18.3 Å². The maximum Gasteiger partial charge on any atom is 0.321 e. The van der Waals surface area contributed by atoms with Gasteiger partial charge in [0.05, 0.1) is 5.75 Å². The van der Waals surface area contributed by atoms with Crippen LogP contribution in [0.4, 0.5) is 0 Å². The highest BCUT2D eigenvalue weighted by Gasteiger charge is 2.30. The minimum atomic E-state index is -3.46. The number of sulfone groups is 1. The molecule has 0 spiro atoms. The molecule has 0 rings (SSSR count). The molecule has 0 aromatic heterocycles. The van der Waals surface area contributed by atoms with Crippen molar-refractivity contribution in [3.8, 4) is 0 Å². The average molecular weight is 236 g/mol. The van der Waals surface area contributed by atoms with Crippen LogP contribution in [0.3, 0.4) is 0 Å². The maximum atomic E-state index is 11.7. The maximum absolute atomic E-state index is 11.7. The van der Waals surface area contributed by atoms with Gasteiger partial charge in [0.2, 0.25) is 0 Å². The van der Waals surface area contributed by atoms with Crippen LogP contribution in [0, 0.1) is 0 Å². The second-order valence-corrected chi connectivity index (χ2v) is 5.99. The molecule has 0 aliphatic rings. The lowest BCUT2D eigenvalue weighted by Crippen LogP contribution is -2.32. The highest BCUT2D eigenvalue weighted by molar-refractivity contribution is 7.92. The summed E-state index contributed by atoms with van der Waals surface area (Å²) in [6, 6.07) is 0. The Hall–Kier alpha value is -0.580. The molecule has 0 aromatic carbocycles. The molecule has 0 aromatic rings. The van der Waals surface area contributed by atoms with E-state index in [1.54, 1.807) is 0 Å². The van der Waals surface area contributed by atoms with E-state index in [0.717, 1.165) is 12.8 Å². The summed E-state index contributed by atoms with van der Waals surface area (Å²) in [7, 11) is -3.46. The molecule has 5 heteroatoms. The first-order valence-corrected chi connectivity index (χ1v) is 7.11. The Balaban J connectivity index is 4.52. The highest BCUT2D eigenvalue weighted by atomic mass is 32.2. The fourth-order valence-electron chi connectivity index (χ4n) is 1.33. The summed E-state index contributed by atoms with van der Waals surface area (Å²) in [4.78, 5) is 10.8. The summed E-state index contributed by atoms with van der Waals surface area (Å²) >= 11 is 0. The molecule has 1 N–H and O–H groups in total. The fourth-order valence-corrected chi connectivity index (χ4v) is 3.14. The van der Waals surface area contributed by atoms with E-state index >= 15 is 0 Å². The third-order valence-electron chi connectivity index (χ3n) is 2.31. The topological polar surface area (TPSA) is 71.4 Å². The monoisotopic (exact) mass is 236 g/mol. The molecule has 0 amide bonds. The van der Waals surface area contributed by atoms with E-state index in [0.29, 0.717) is 12.8 Å². The Morgan fingerprint density at radius 1 is 1.20 bits per heavy atom. The van der Waals surface area contributed by atoms with E-state index in [1.807, 2.05) is 13.8 Å². The number of aliphatic carboxylic acids is 1. The smallest absolute Gasteiger partial charge is 0.321 e. The average Bonchev–Trinajstić information content (AvgIpc) is 2.14. The molecule has 1 unspecified atom stereocenters. The molecule has 0 fully saturated rings. The SMILES string of the molecule is CCCCC(C(=O)O)S(=O)(=O)CCCC. The Bertz CT molecular complexity index is 282. The number of hydrogen-bond acceptors (Lipinski definition) is 3. The van der Waals surface area contributed by atoms with Gasteiger partial charge in [0.1, 0.15) is 0 Å². The molecule has 0 aliphatic carbocycles. The van der Waals surface area contributed by atoms with Gasteiger partial charge in [-0.3, -0.25) is 4.79 Å². The van der Waals surface area contributed by atoms with Crippen LogP contribution in [0.5, 0.6) is 0 Å². The zero-order valence-electron chi connectivity index (χ0n) is 9.40. The van der Waals surface area contributed by atoms with Crippen LogP contribution in [0.2, 0.25) is 0 Å². The largest absolute Gasteiger partial charge is 0.480 e. The first-order chi connectivity index (χ1) is 6.95. The Labute approximate surface area is 91.6 Å². The lowest BCUT2D eigenvalue weighted by atomic mass is 10.2. The van der Waals surface area contributed by atoms with Gasteiger partial charge < -0.3 is 5.11 Å². The van der Waals surface area contributed by atoms with E-state index in [4.69, 9.17) is 5.11 Å². The van der Waals surface area contributed by atoms with Crippen molar-refractivity contribution in [2.75, 3.05) is 5.75 Å². The van der Waals surface area contributed by atoms with E-state index in [2.05, 4.69) is 0 Å². The van der Waals surface area contributed by atoms with Crippen molar-refractivity contribution in [3.05, 3.63) is 0 Å². The normalized spacial score (nSPS) is 13.7. The second-order valence-electron chi connectivity index (χ2n) is 3.69. The van der Waals surface area contributed by atoms with Crippen LogP contribution in [0.15, 0.2) is 0 Å². The summed E-state index contributed by atoms with van der Waals surface area (Å²) in [6.07, 6.45) is 2.99. The number of rotatable bonds is 8. The van der Waals surface area contributed by atoms with Crippen LogP contribution < -0.4 is 0 Å². The summed E-state index contributed by atoms with van der Waals surface area (Å²) in [6.45, 7) is 3.80. The Morgan fingerprint density at radius 3 is 2.13 bits per heavy atom. The minimum absolute atomic E-state index is 0.00974. The van der Waals surface area contributed by atoms with Crippen LogP contribution in [-0.2, 0) is 14.6 Å². The first-order valence-electron chi connectivity index (χ1n) is 5.40. The zero-order valence-corrected chi connectivity index (χ0v) is 10.2. The predicted octanol–water partition coefficient (Wildman–Crippen LogP) is 1.84. The molecule has 90 valence electrons. The molecule has 4 nitrogen and oxygen atoms in total. The molecule has 0 bridgehead atoms. The molecule has 0 heterocycles. The molecular weight excluding hydrogens is 216 g/mol. The fraction of sp³-hybridized carbons (Fsp3) is 0.900. The van der Waals surface area contributed by atoms with Crippen molar-refractivity contribution in [1.29, 1.82) is 0 Å². The number of carboxylic acids is 1. The van der Waals surface area contributed by atoms with Crippen molar-refractivity contribution in [2.45, 2.75) is 51.2 Å².